The van der Waals surface area contributed by atoms with Crippen LogP contribution >= 0.6 is 12.4 Å². The smallest absolute Gasteiger partial charge is 0.264 e. The van der Waals surface area contributed by atoms with Gasteiger partial charge in [0.15, 0.2) is 0 Å². The minimum atomic E-state index is -4.07. The van der Waals surface area contributed by atoms with E-state index in [0.717, 1.165) is 16.7 Å². The Bertz CT molecular complexity index is 1440. The molecule has 3 aromatic rings. The zero-order valence-electron chi connectivity index (χ0n) is 21.8. The molecule has 1 saturated heterocycles. The van der Waals surface area contributed by atoms with Crippen LogP contribution in [0.4, 0.5) is 5.95 Å². The number of ether oxygens (including phenoxy) is 1. The van der Waals surface area contributed by atoms with Crippen LogP contribution in [0.15, 0.2) is 53.4 Å². The molecule has 1 aromatic heterocycles. The topological polar surface area (TPSA) is 114 Å². The molecular formula is C27H32ClN5O4S. The summed E-state index contributed by atoms with van der Waals surface area (Å²) in [6.07, 6.45) is -0.401. The van der Waals surface area contributed by atoms with Gasteiger partial charge in [0.05, 0.1) is 17.1 Å². The van der Waals surface area contributed by atoms with Crippen molar-refractivity contribution in [1.82, 2.24) is 20.2 Å². The molecule has 0 unspecified atom stereocenters. The van der Waals surface area contributed by atoms with Gasteiger partial charge in [0.1, 0.15) is 6.10 Å². The number of sulfonamides is 1. The summed E-state index contributed by atoms with van der Waals surface area (Å²) in [7, 11) is -4.07. The number of fused-ring (bicyclic) bond motifs is 6. The van der Waals surface area contributed by atoms with Crippen LogP contribution in [0.5, 0.6) is 5.88 Å². The summed E-state index contributed by atoms with van der Waals surface area (Å²) in [5.74, 6) is 0.0881. The van der Waals surface area contributed by atoms with E-state index in [1.54, 1.807) is 23.1 Å². The first-order valence-corrected chi connectivity index (χ1v) is 13.9. The Labute approximate surface area is 229 Å². The van der Waals surface area contributed by atoms with Crippen molar-refractivity contribution in [3.8, 4) is 17.1 Å². The van der Waals surface area contributed by atoms with E-state index in [4.69, 9.17) is 4.74 Å². The number of nitrogens with one attached hydrogen (secondary N) is 2. The number of aryl methyl sites for hydroxylation is 2. The number of halogens is 1. The van der Waals surface area contributed by atoms with Gasteiger partial charge in [0.2, 0.25) is 11.8 Å². The van der Waals surface area contributed by atoms with Crippen LogP contribution in [0, 0.1) is 19.8 Å². The van der Waals surface area contributed by atoms with Crippen molar-refractivity contribution in [1.29, 1.82) is 0 Å². The van der Waals surface area contributed by atoms with Gasteiger partial charge in [-0.05, 0) is 49.1 Å². The number of carbonyl (C=O) groups is 1. The molecule has 2 aliphatic heterocycles. The third-order valence-electron chi connectivity index (χ3n) is 6.90. The van der Waals surface area contributed by atoms with Crippen LogP contribution in [-0.2, 0) is 10.0 Å². The summed E-state index contributed by atoms with van der Waals surface area (Å²) < 4.78 is 35.5. The fourth-order valence-corrected chi connectivity index (χ4v) is 6.01. The zero-order chi connectivity index (χ0) is 26.3. The normalized spacial score (nSPS) is 20.6. The Morgan fingerprint density at radius 1 is 1.03 bits per heavy atom. The summed E-state index contributed by atoms with van der Waals surface area (Å²) in [4.78, 5) is 24.4. The van der Waals surface area contributed by atoms with E-state index in [2.05, 4.69) is 33.9 Å². The van der Waals surface area contributed by atoms with Crippen molar-refractivity contribution >= 4 is 34.3 Å². The van der Waals surface area contributed by atoms with E-state index < -0.39 is 16.1 Å². The van der Waals surface area contributed by atoms with Crippen LogP contribution in [0.25, 0.3) is 11.3 Å². The first kappa shape index (κ1) is 27.8. The largest absolute Gasteiger partial charge is 0.471 e. The maximum Gasteiger partial charge on any atom is 0.264 e. The van der Waals surface area contributed by atoms with Gasteiger partial charge in [-0.3, -0.25) is 4.79 Å². The van der Waals surface area contributed by atoms with Gasteiger partial charge >= 0.3 is 0 Å². The molecule has 1 fully saturated rings. The molecule has 5 rings (SSSR count). The summed E-state index contributed by atoms with van der Waals surface area (Å²) in [6.45, 7) is 9.54. The molecule has 3 heterocycles. The third kappa shape index (κ3) is 5.48. The number of nitrogens with zero attached hydrogens (tertiary/aromatic N) is 3. The molecule has 38 heavy (non-hydrogen) atoms. The lowest BCUT2D eigenvalue weighted by Gasteiger charge is -2.34. The van der Waals surface area contributed by atoms with E-state index in [1.165, 1.54) is 12.1 Å². The van der Waals surface area contributed by atoms with Crippen molar-refractivity contribution in [3.63, 3.8) is 0 Å². The minimum absolute atomic E-state index is 0. The van der Waals surface area contributed by atoms with E-state index >= 15 is 0 Å². The molecular weight excluding hydrogens is 526 g/mol. The van der Waals surface area contributed by atoms with Gasteiger partial charge in [-0.2, -0.15) is 4.98 Å². The number of anilines is 1. The maximum atomic E-state index is 13.7. The number of carbonyl (C=O) groups excluding carboxylic acids is 1. The Balaban J connectivity index is 0.00000336. The van der Waals surface area contributed by atoms with Gasteiger partial charge in [-0.15, -0.1) is 12.4 Å². The van der Waals surface area contributed by atoms with Crippen LogP contribution in [0.1, 0.15) is 35.3 Å². The molecule has 202 valence electrons. The monoisotopic (exact) mass is 557 g/mol. The van der Waals surface area contributed by atoms with Gasteiger partial charge < -0.3 is 15.0 Å². The molecule has 0 radical (unpaired) electrons. The Morgan fingerprint density at radius 2 is 1.74 bits per heavy atom. The lowest BCUT2D eigenvalue weighted by molar-refractivity contribution is 0.0554. The average molecular weight is 558 g/mol. The second-order valence-corrected chi connectivity index (χ2v) is 11.7. The molecule has 0 aliphatic carbocycles. The summed E-state index contributed by atoms with van der Waals surface area (Å²) in [6, 6.07) is 13.6. The molecule has 9 nitrogen and oxygen atoms in total. The van der Waals surface area contributed by atoms with E-state index in [-0.39, 0.29) is 47.0 Å². The molecule has 6 bridgehead atoms. The predicted molar refractivity (Wildman–Crippen MR) is 148 cm³/mol. The fraction of sp³-hybridized carbons (Fsp3) is 0.370. The highest BCUT2D eigenvalue weighted by atomic mass is 35.5. The van der Waals surface area contributed by atoms with Crippen LogP contribution in [-0.4, -0.2) is 61.0 Å². The van der Waals surface area contributed by atoms with Crippen molar-refractivity contribution in [2.45, 2.75) is 44.7 Å². The lowest BCUT2D eigenvalue weighted by atomic mass is 10.00. The Hall–Kier alpha value is -3.21. The zero-order valence-corrected chi connectivity index (χ0v) is 23.4. The number of hydrogen-bond donors (Lipinski definition) is 2. The summed E-state index contributed by atoms with van der Waals surface area (Å²) >= 11 is 0. The average Bonchev–Trinajstić information content (AvgIpc) is 3.05. The molecule has 2 aliphatic rings. The number of rotatable bonds is 2. The highest BCUT2D eigenvalue weighted by molar-refractivity contribution is 7.92. The number of benzene rings is 2. The summed E-state index contributed by atoms with van der Waals surface area (Å²) in [5.41, 5.74) is 3.74. The number of aromatic nitrogens is 2. The van der Waals surface area contributed by atoms with Crippen molar-refractivity contribution in [2.75, 3.05) is 24.4 Å². The van der Waals surface area contributed by atoms with E-state index in [0.29, 0.717) is 30.9 Å². The van der Waals surface area contributed by atoms with Gasteiger partial charge in [0, 0.05) is 36.3 Å². The van der Waals surface area contributed by atoms with Crippen LogP contribution in [0.2, 0.25) is 0 Å². The first-order valence-electron chi connectivity index (χ1n) is 12.4. The second-order valence-electron chi connectivity index (χ2n) is 9.98. The molecule has 11 heteroatoms. The molecule has 2 atom stereocenters. The molecule has 1 amide bonds. The van der Waals surface area contributed by atoms with Crippen molar-refractivity contribution in [3.05, 3.63) is 65.2 Å². The van der Waals surface area contributed by atoms with E-state index in [1.807, 2.05) is 32.0 Å². The molecule has 0 saturated carbocycles. The van der Waals surface area contributed by atoms with Gasteiger partial charge in [0.25, 0.3) is 15.9 Å². The lowest BCUT2D eigenvalue weighted by Crippen LogP contribution is -2.48. The minimum Gasteiger partial charge on any atom is -0.471 e. The second kappa shape index (κ2) is 10.9. The Morgan fingerprint density at radius 3 is 2.45 bits per heavy atom. The van der Waals surface area contributed by atoms with Crippen LogP contribution in [0.3, 0.4) is 0 Å². The highest BCUT2D eigenvalue weighted by Gasteiger charge is 2.34. The highest BCUT2D eigenvalue weighted by Crippen LogP contribution is 2.30. The first-order chi connectivity index (χ1) is 17.6. The Kier molecular flexibility index (Phi) is 7.96. The maximum absolute atomic E-state index is 13.7. The van der Waals surface area contributed by atoms with Gasteiger partial charge in [-0.25, -0.2) is 18.1 Å². The standard InChI is InChI=1S/C27H31N5O4S.ClH/c1-16(2)23-14-28-13-20-15-32(23)26(33)19-9-6-10-21(11-19)37(34,35)31-27-29-22(12-24(30-27)36-20)25-17(3)7-5-8-18(25)4;/h5-12,16,20,23,28H,13-15H2,1-4H3,(H,29,30,31);1H/t20-,23+;/m1./s1. The SMILES string of the molecule is Cc1cccc(C)c1-c1cc2nc(n1)NS(=O)(=O)c1cccc(c1)C(=O)N1C[C@@H](CNC[C@H]1C(C)C)O2.Cl. The van der Waals surface area contributed by atoms with Crippen LogP contribution < -0.4 is 14.8 Å². The number of amides is 1. The van der Waals surface area contributed by atoms with Crippen molar-refractivity contribution in [2.24, 2.45) is 5.92 Å². The summed E-state index contributed by atoms with van der Waals surface area (Å²) in [5, 5.41) is 3.43. The van der Waals surface area contributed by atoms with Crippen molar-refractivity contribution < 1.29 is 17.9 Å². The molecule has 0 spiro atoms. The third-order valence-corrected chi connectivity index (χ3v) is 8.23. The molecule has 2 aromatic carbocycles. The quantitative estimate of drug-likeness (QED) is 0.492. The van der Waals surface area contributed by atoms with Gasteiger partial charge in [-0.1, -0.05) is 38.1 Å². The molecule has 2 N–H and O–H groups in total. The number of hydrogen-bond acceptors (Lipinski definition) is 7. The fourth-order valence-electron chi connectivity index (χ4n) is 5.02. The predicted octanol–water partition coefficient (Wildman–Crippen LogP) is 3.81. The van der Waals surface area contributed by atoms with E-state index in [9.17, 15) is 13.2 Å².